The second-order valence-electron chi connectivity index (χ2n) is 12.5. The van der Waals surface area contributed by atoms with Gasteiger partial charge in [0, 0.05) is 25.9 Å². The molecule has 0 spiro atoms. The first-order valence-electron chi connectivity index (χ1n) is 14.8. The number of nitrogens with zero attached hydrogens (tertiary/aromatic N) is 10. The van der Waals surface area contributed by atoms with Crippen LogP contribution in [0.5, 0.6) is 5.75 Å². The molecular formula is C30H34F2N10O5S. The molecule has 0 unspecified atom stereocenters. The van der Waals surface area contributed by atoms with E-state index in [1.807, 2.05) is 24.3 Å². The highest BCUT2D eigenvalue weighted by atomic mass is 32.2. The van der Waals surface area contributed by atoms with Crippen LogP contribution in [0.25, 0.3) is 28.7 Å². The van der Waals surface area contributed by atoms with E-state index in [-0.39, 0.29) is 47.3 Å². The zero-order valence-electron chi connectivity index (χ0n) is 27.3. The van der Waals surface area contributed by atoms with Gasteiger partial charge in [0.1, 0.15) is 46.3 Å². The molecule has 0 N–H and O–H groups in total. The third-order valence-corrected chi connectivity index (χ3v) is 9.11. The van der Waals surface area contributed by atoms with Crippen molar-refractivity contribution in [1.82, 2.24) is 47.3 Å². The largest absolute Gasteiger partial charge is 0.497 e. The normalized spacial score (nSPS) is 14.8. The first kappa shape index (κ1) is 33.0. The molecule has 0 aliphatic carbocycles. The summed E-state index contributed by atoms with van der Waals surface area (Å²) in [5.74, 6) is -2.27. The van der Waals surface area contributed by atoms with Gasteiger partial charge in [-0.25, -0.2) is 33.4 Å². The molecule has 254 valence electrons. The summed E-state index contributed by atoms with van der Waals surface area (Å²) in [5, 5.41) is 4.55. The van der Waals surface area contributed by atoms with Crippen molar-refractivity contribution in [3.8, 4) is 28.7 Å². The van der Waals surface area contributed by atoms with Gasteiger partial charge >= 0.3 is 22.2 Å². The van der Waals surface area contributed by atoms with Crippen LogP contribution in [0.1, 0.15) is 43.4 Å². The lowest BCUT2D eigenvalue weighted by atomic mass is 10.0. The van der Waals surface area contributed by atoms with Gasteiger partial charge in [-0.15, -0.1) is 0 Å². The Morgan fingerprint density at radius 1 is 1.08 bits per heavy atom. The van der Waals surface area contributed by atoms with E-state index in [9.17, 15) is 13.2 Å². The Morgan fingerprint density at radius 3 is 2.44 bits per heavy atom. The summed E-state index contributed by atoms with van der Waals surface area (Å²) in [4.78, 5) is 31.7. The Morgan fingerprint density at radius 2 is 1.79 bits per heavy atom. The van der Waals surface area contributed by atoms with E-state index in [1.54, 1.807) is 39.5 Å². The molecule has 18 heteroatoms. The number of alkyl halides is 2. The first-order chi connectivity index (χ1) is 22.5. The van der Waals surface area contributed by atoms with Crippen molar-refractivity contribution in [3.63, 3.8) is 0 Å². The number of fused-ring (bicyclic) bond motifs is 2. The fraction of sp³-hybridized carbons (Fsp3) is 0.400. The van der Waals surface area contributed by atoms with Crippen LogP contribution in [0.4, 0.5) is 13.6 Å². The number of carbonyl (C=O) groups excluding carboxylic acids is 1. The van der Waals surface area contributed by atoms with E-state index in [2.05, 4.69) is 25.0 Å². The molecule has 5 aromatic rings. The standard InChI is InChI=1S/C30H34F2N10O5S/c1-18-34-26(42(37-18)12-19-8-10-21(46-7)11-9-19)23-24(22-15-40(17-33-22)48(44,45)38(5)6)41-14-20-13-39(28(43)47-29(2,3)4)16-30(31,32)25(20)36-27(41)35-23/h8-11,14-15,17H,12-13,16H2,1-7H3. The Bertz CT molecular complexity index is 2130. The van der Waals surface area contributed by atoms with Gasteiger partial charge in [-0.05, 0) is 45.4 Å². The van der Waals surface area contributed by atoms with E-state index in [0.717, 1.165) is 25.1 Å². The summed E-state index contributed by atoms with van der Waals surface area (Å²) >= 11 is 0. The predicted molar refractivity (Wildman–Crippen MR) is 169 cm³/mol. The zero-order valence-corrected chi connectivity index (χ0v) is 28.2. The molecule has 48 heavy (non-hydrogen) atoms. The number of benzene rings is 1. The molecule has 0 atom stereocenters. The Hall–Kier alpha value is -4.97. The summed E-state index contributed by atoms with van der Waals surface area (Å²) in [6.07, 6.45) is 2.94. The van der Waals surface area contributed by atoms with Crippen molar-refractivity contribution in [1.29, 1.82) is 0 Å². The molecule has 1 aliphatic rings. The van der Waals surface area contributed by atoms with E-state index < -0.39 is 40.1 Å². The summed E-state index contributed by atoms with van der Waals surface area (Å²) in [5.41, 5.74) is 0.0396. The van der Waals surface area contributed by atoms with Crippen LogP contribution in [0.2, 0.25) is 0 Å². The van der Waals surface area contributed by atoms with Crippen LogP contribution in [-0.4, -0.2) is 95.2 Å². The lowest BCUT2D eigenvalue weighted by Gasteiger charge is -2.34. The van der Waals surface area contributed by atoms with Gasteiger partial charge in [-0.1, -0.05) is 12.1 Å². The Balaban J connectivity index is 1.54. The molecule has 15 nitrogen and oxygen atoms in total. The minimum Gasteiger partial charge on any atom is -0.497 e. The van der Waals surface area contributed by atoms with Crippen molar-refractivity contribution in [2.45, 2.75) is 52.3 Å². The van der Waals surface area contributed by atoms with E-state index >= 15 is 8.78 Å². The maximum absolute atomic E-state index is 15.6. The molecule has 0 saturated heterocycles. The van der Waals surface area contributed by atoms with E-state index in [4.69, 9.17) is 9.47 Å². The second-order valence-corrected chi connectivity index (χ2v) is 14.5. The molecule has 0 saturated carbocycles. The SMILES string of the molecule is COc1ccc(Cn2nc(C)nc2-c2nc3nc4c(cn3c2-c2cn(S(=O)(=O)N(C)C)cn2)CN(C(=O)OC(C)(C)C)CC4(F)F)cc1. The van der Waals surface area contributed by atoms with Crippen LogP contribution in [0.3, 0.4) is 0 Å². The van der Waals surface area contributed by atoms with Crippen molar-refractivity contribution >= 4 is 22.1 Å². The lowest BCUT2D eigenvalue weighted by Crippen LogP contribution is -2.46. The Labute approximate surface area is 274 Å². The van der Waals surface area contributed by atoms with Crippen LogP contribution in [0.15, 0.2) is 43.0 Å². The molecule has 6 rings (SSSR count). The zero-order chi connectivity index (χ0) is 34.8. The summed E-state index contributed by atoms with van der Waals surface area (Å²) in [6, 6.07) is 7.35. The van der Waals surface area contributed by atoms with Crippen molar-refractivity contribution in [2.24, 2.45) is 0 Å². The minimum atomic E-state index is -3.95. The Kier molecular flexibility index (Phi) is 7.98. The number of hydrogen-bond acceptors (Lipinski definition) is 10. The fourth-order valence-electron chi connectivity index (χ4n) is 5.26. The van der Waals surface area contributed by atoms with Crippen molar-refractivity contribution < 1.29 is 31.5 Å². The van der Waals surface area contributed by atoms with E-state index in [1.165, 1.54) is 30.9 Å². The van der Waals surface area contributed by atoms with Crippen LogP contribution in [0, 0.1) is 6.92 Å². The molecular weight excluding hydrogens is 650 g/mol. The fourth-order valence-corrected chi connectivity index (χ4v) is 6.04. The molecule has 1 aliphatic heterocycles. The molecule has 0 radical (unpaired) electrons. The molecule has 1 amide bonds. The number of aromatic nitrogens is 8. The maximum Gasteiger partial charge on any atom is 0.410 e. The molecule has 4 aromatic heterocycles. The number of rotatable bonds is 7. The summed E-state index contributed by atoms with van der Waals surface area (Å²) in [7, 11) is 0.383. The number of imidazole rings is 2. The van der Waals surface area contributed by atoms with Gasteiger partial charge in [-0.3, -0.25) is 9.30 Å². The highest BCUT2D eigenvalue weighted by molar-refractivity contribution is 7.87. The van der Waals surface area contributed by atoms with Crippen LogP contribution >= 0.6 is 0 Å². The topological polar surface area (TPSA) is 155 Å². The average Bonchev–Trinajstić information content (AvgIpc) is 3.72. The third kappa shape index (κ3) is 6.08. The van der Waals surface area contributed by atoms with Gasteiger partial charge in [0.05, 0.1) is 32.9 Å². The number of ether oxygens (including phenoxy) is 2. The van der Waals surface area contributed by atoms with Crippen molar-refractivity contribution in [2.75, 3.05) is 27.7 Å². The van der Waals surface area contributed by atoms with E-state index in [0.29, 0.717) is 11.6 Å². The van der Waals surface area contributed by atoms with Crippen LogP contribution < -0.4 is 4.74 Å². The molecule has 0 fully saturated rings. The number of carbonyl (C=O) groups is 1. The number of methoxy groups -OCH3 is 1. The quantitative estimate of drug-likeness (QED) is 0.248. The summed E-state index contributed by atoms with van der Waals surface area (Å²) in [6.45, 7) is 5.77. The van der Waals surface area contributed by atoms with Gasteiger partial charge in [0.25, 0.3) is 0 Å². The van der Waals surface area contributed by atoms with Gasteiger partial charge in [-0.2, -0.15) is 26.6 Å². The maximum atomic E-state index is 15.6. The average molecular weight is 685 g/mol. The smallest absolute Gasteiger partial charge is 0.410 e. The minimum absolute atomic E-state index is 0.0473. The molecule has 5 heterocycles. The first-order valence-corrected chi connectivity index (χ1v) is 16.2. The highest BCUT2D eigenvalue weighted by Gasteiger charge is 2.45. The number of aryl methyl sites for hydroxylation is 1. The third-order valence-electron chi connectivity index (χ3n) is 7.45. The highest BCUT2D eigenvalue weighted by Crippen LogP contribution is 2.38. The van der Waals surface area contributed by atoms with Gasteiger partial charge in [0.15, 0.2) is 5.82 Å². The summed E-state index contributed by atoms with van der Waals surface area (Å²) < 4.78 is 72.8. The van der Waals surface area contributed by atoms with Gasteiger partial charge < -0.3 is 9.47 Å². The molecule has 0 bridgehead atoms. The van der Waals surface area contributed by atoms with Crippen molar-refractivity contribution in [3.05, 3.63) is 65.6 Å². The predicted octanol–water partition coefficient (Wildman–Crippen LogP) is 3.71. The second kappa shape index (κ2) is 11.6. The molecule has 1 aromatic carbocycles. The van der Waals surface area contributed by atoms with Crippen LogP contribution in [-0.2, 0) is 34.0 Å². The number of amides is 1. The number of hydrogen-bond donors (Lipinski definition) is 0. The number of halogens is 2. The lowest BCUT2D eigenvalue weighted by molar-refractivity contribution is -0.0624. The van der Waals surface area contributed by atoms with Gasteiger partial charge in [0.2, 0.25) is 5.78 Å². The monoisotopic (exact) mass is 684 g/mol.